The number of aromatic carboxylic acids is 1. The minimum absolute atomic E-state index is 0.0534. The molecule has 1 aliphatic carbocycles. The summed E-state index contributed by atoms with van der Waals surface area (Å²) in [5.74, 6) is -1.13. The van der Waals surface area contributed by atoms with E-state index >= 15 is 0 Å². The number of carboxylic acids is 1. The van der Waals surface area contributed by atoms with E-state index in [1.807, 2.05) is 13.8 Å². The average Bonchev–Trinajstić information content (AvgIpc) is 3.06. The number of nitrogens with zero attached hydrogens (tertiary/aromatic N) is 2. The van der Waals surface area contributed by atoms with Crippen LogP contribution >= 0.6 is 0 Å². The van der Waals surface area contributed by atoms with E-state index in [9.17, 15) is 13.2 Å². The lowest BCUT2D eigenvalue weighted by Crippen LogP contribution is -2.41. The molecule has 0 spiro atoms. The van der Waals surface area contributed by atoms with Gasteiger partial charge >= 0.3 is 5.97 Å². The van der Waals surface area contributed by atoms with Crippen LogP contribution in [-0.2, 0) is 10.0 Å². The smallest absolute Gasteiger partial charge is 0.340 e. The zero-order valence-electron chi connectivity index (χ0n) is 12.2. The Morgan fingerprint density at radius 3 is 2.62 bits per heavy atom. The van der Waals surface area contributed by atoms with Crippen LogP contribution in [0.25, 0.3) is 0 Å². The number of hydrogen-bond donors (Lipinski definition) is 2. The molecule has 2 rings (SSSR count). The fourth-order valence-electron chi connectivity index (χ4n) is 2.74. The van der Waals surface area contributed by atoms with E-state index < -0.39 is 16.0 Å². The first-order valence-corrected chi connectivity index (χ1v) is 8.56. The molecule has 1 saturated carbocycles. The third-order valence-electron chi connectivity index (χ3n) is 3.68. The van der Waals surface area contributed by atoms with Crippen molar-refractivity contribution in [1.82, 2.24) is 14.5 Å². The van der Waals surface area contributed by atoms with Gasteiger partial charge in [0, 0.05) is 12.6 Å². The van der Waals surface area contributed by atoms with Crippen molar-refractivity contribution in [2.24, 2.45) is 5.92 Å². The van der Waals surface area contributed by atoms with Crippen molar-refractivity contribution in [2.75, 3.05) is 6.54 Å². The van der Waals surface area contributed by atoms with Crippen LogP contribution in [0.4, 0.5) is 0 Å². The zero-order chi connectivity index (χ0) is 15.6. The molecule has 1 aromatic rings. The molecule has 21 heavy (non-hydrogen) atoms. The minimum atomic E-state index is -3.88. The molecule has 0 amide bonds. The van der Waals surface area contributed by atoms with Gasteiger partial charge in [0.2, 0.25) is 0 Å². The molecular weight excluding hydrogens is 294 g/mol. The van der Waals surface area contributed by atoms with Crippen molar-refractivity contribution in [1.29, 1.82) is 0 Å². The van der Waals surface area contributed by atoms with E-state index in [1.54, 1.807) is 0 Å². The number of carbonyl (C=O) groups is 1. The molecule has 0 atom stereocenters. The molecule has 1 aromatic heterocycles. The molecule has 7 nitrogen and oxygen atoms in total. The van der Waals surface area contributed by atoms with Crippen LogP contribution in [0.3, 0.4) is 0 Å². The van der Waals surface area contributed by atoms with Gasteiger partial charge in [0.05, 0.1) is 6.20 Å². The maximum Gasteiger partial charge on any atom is 0.340 e. The Hall–Kier alpha value is -1.41. The van der Waals surface area contributed by atoms with E-state index in [1.165, 1.54) is 4.31 Å². The highest BCUT2D eigenvalue weighted by molar-refractivity contribution is 7.89. The second-order valence-electron chi connectivity index (χ2n) is 5.82. The van der Waals surface area contributed by atoms with Gasteiger partial charge in [-0.25, -0.2) is 13.2 Å². The Balaban J connectivity index is 2.41. The van der Waals surface area contributed by atoms with Gasteiger partial charge in [-0.1, -0.05) is 26.7 Å². The van der Waals surface area contributed by atoms with Crippen molar-refractivity contribution in [3.05, 3.63) is 11.8 Å². The van der Waals surface area contributed by atoms with Crippen LogP contribution < -0.4 is 0 Å². The molecule has 0 bridgehead atoms. The molecule has 0 aliphatic heterocycles. The molecule has 0 saturated heterocycles. The summed E-state index contributed by atoms with van der Waals surface area (Å²) in [5, 5.41) is 14.7. The number of aromatic nitrogens is 2. The Labute approximate surface area is 124 Å². The lowest BCUT2D eigenvalue weighted by Gasteiger charge is -2.29. The SMILES string of the molecule is CC(C)CN(C1CCCC1)S(=O)(=O)c1[nH]ncc1C(=O)O. The Morgan fingerprint density at radius 2 is 2.10 bits per heavy atom. The lowest BCUT2D eigenvalue weighted by atomic mass is 10.2. The number of rotatable bonds is 6. The summed E-state index contributed by atoms with van der Waals surface area (Å²) in [6.07, 6.45) is 4.69. The van der Waals surface area contributed by atoms with Crippen molar-refractivity contribution in [2.45, 2.75) is 50.6 Å². The van der Waals surface area contributed by atoms with Gasteiger partial charge in [0.1, 0.15) is 5.56 Å². The monoisotopic (exact) mass is 315 g/mol. The van der Waals surface area contributed by atoms with Gasteiger partial charge in [-0.2, -0.15) is 9.40 Å². The summed E-state index contributed by atoms with van der Waals surface area (Å²) in [4.78, 5) is 11.2. The van der Waals surface area contributed by atoms with Crippen LogP contribution in [-0.4, -0.2) is 46.6 Å². The van der Waals surface area contributed by atoms with E-state index in [0.717, 1.165) is 31.9 Å². The average molecular weight is 315 g/mol. The number of aromatic amines is 1. The van der Waals surface area contributed by atoms with Gasteiger partial charge in [-0.15, -0.1) is 0 Å². The van der Waals surface area contributed by atoms with Crippen molar-refractivity contribution >= 4 is 16.0 Å². The Bertz CT molecular complexity index is 603. The van der Waals surface area contributed by atoms with Crippen LogP contribution in [0.1, 0.15) is 49.9 Å². The topological polar surface area (TPSA) is 103 Å². The maximum atomic E-state index is 12.8. The lowest BCUT2D eigenvalue weighted by molar-refractivity contribution is 0.0692. The summed E-state index contributed by atoms with van der Waals surface area (Å²) in [5.41, 5.74) is -0.304. The largest absolute Gasteiger partial charge is 0.478 e. The third-order valence-corrected chi connectivity index (χ3v) is 5.57. The maximum absolute atomic E-state index is 12.8. The molecule has 1 aliphatic rings. The van der Waals surface area contributed by atoms with Gasteiger partial charge in [0.15, 0.2) is 5.03 Å². The summed E-state index contributed by atoms with van der Waals surface area (Å²) < 4.78 is 27.1. The molecule has 1 fully saturated rings. The van der Waals surface area contributed by atoms with Crippen molar-refractivity contribution < 1.29 is 18.3 Å². The standard InChI is InChI=1S/C13H21N3O4S/c1-9(2)8-16(10-5-3-4-6-10)21(19,20)12-11(13(17)18)7-14-15-12/h7,9-10H,3-6,8H2,1-2H3,(H,14,15)(H,17,18). The van der Waals surface area contributed by atoms with E-state index in [0.29, 0.717) is 6.54 Å². The first-order chi connectivity index (χ1) is 9.84. The van der Waals surface area contributed by atoms with Crippen LogP contribution in [0.2, 0.25) is 0 Å². The van der Waals surface area contributed by atoms with Gasteiger partial charge in [0.25, 0.3) is 10.0 Å². The summed E-state index contributed by atoms with van der Waals surface area (Å²) in [6.45, 7) is 4.27. The van der Waals surface area contributed by atoms with Crippen LogP contribution in [0, 0.1) is 5.92 Å². The molecule has 0 unspecified atom stereocenters. The summed E-state index contributed by atoms with van der Waals surface area (Å²) in [7, 11) is -3.88. The van der Waals surface area contributed by atoms with Gasteiger partial charge < -0.3 is 5.11 Å². The highest BCUT2D eigenvalue weighted by Crippen LogP contribution is 2.29. The third kappa shape index (κ3) is 3.26. The predicted octanol–water partition coefficient (Wildman–Crippen LogP) is 1.70. The van der Waals surface area contributed by atoms with Crippen molar-refractivity contribution in [3.8, 4) is 0 Å². The minimum Gasteiger partial charge on any atom is -0.478 e. The fourth-order valence-corrected chi connectivity index (χ4v) is 4.65. The van der Waals surface area contributed by atoms with E-state index in [2.05, 4.69) is 10.2 Å². The number of sulfonamides is 1. The van der Waals surface area contributed by atoms with Crippen LogP contribution in [0.5, 0.6) is 0 Å². The molecule has 0 radical (unpaired) electrons. The Morgan fingerprint density at radius 1 is 1.48 bits per heavy atom. The highest BCUT2D eigenvalue weighted by atomic mass is 32.2. The normalized spacial score (nSPS) is 17.0. The number of hydrogen-bond acceptors (Lipinski definition) is 4. The first kappa shape index (κ1) is 16.0. The number of nitrogens with one attached hydrogen (secondary N) is 1. The molecule has 2 N–H and O–H groups in total. The van der Waals surface area contributed by atoms with E-state index in [4.69, 9.17) is 5.11 Å². The van der Waals surface area contributed by atoms with Crippen LogP contribution in [0.15, 0.2) is 11.2 Å². The predicted molar refractivity (Wildman–Crippen MR) is 76.5 cm³/mol. The summed E-state index contributed by atoms with van der Waals surface area (Å²) in [6, 6.07) is -0.0534. The number of carboxylic acid groups (broad SMARTS) is 1. The highest BCUT2D eigenvalue weighted by Gasteiger charge is 2.37. The number of H-pyrrole nitrogens is 1. The molecule has 118 valence electrons. The molecule has 1 heterocycles. The Kier molecular flexibility index (Phi) is 4.67. The molecule has 0 aromatic carbocycles. The zero-order valence-corrected chi connectivity index (χ0v) is 13.1. The first-order valence-electron chi connectivity index (χ1n) is 7.12. The second-order valence-corrected chi connectivity index (χ2v) is 7.65. The van der Waals surface area contributed by atoms with Gasteiger partial charge in [-0.05, 0) is 18.8 Å². The molecular formula is C13H21N3O4S. The quantitative estimate of drug-likeness (QED) is 0.831. The van der Waals surface area contributed by atoms with Crippen molar-refractivity contribution in [3.63, 3.8) is 0 Å². The van der Waals surface area contributed by atoms with E-state index in [-0.39, 0.29) is 22.5 Å². The fraction of sp³-hybridized carbons (Fsp3) is 0.692. The van der Waals surface area contributed by atoms with Gasteiger partial charge in [-0.3, -0.25) is 5.10 Å². The molecule has 8 heteroatoms. The second kappa shape index (κ2) is 6.15. The summed E-state index contributed by atoms with van der Waals surface area (Å²) >= 11 is 0.